The molecular formula is C44H45ClN4O6. The lowest BCUT2D eigenvalue weighted by Crippen LogP contribution is -2.52. The lowest BCUT2D eigenvalue weighted by Gasteiger charge is -2.25. The Balaban J connectivity index is 1.28. The molecule has 0 radical (unpaired) electrons. The largest absolute Gasteiger partial charge is 0.488 e. The maximum atomic E-state index is 11.9. The molecule has 4 aromatic carbocycles. The fourth-order valence-electron chi connectivity index (χ4n) is 6.92. The topological polar surface area (TPSA) is 148 Å². The van der Waals surface area contributed by atoms with Crippen LogP contribution in [0.5, 0.6) is 11.5 Å². The number of ether oxygens (including phenoxy) is 2. The molecule has 2 atom stereocenters. The Kier molecular flexibility index (Phi) is 12.5. The zero-order valence-electron chi connectivity index (χ0n) is 31.2. The van der Waals surface area contributed by atoms with Crippen molar-refractivity contribution >= 4 is 17.6 Å². The SMILES string of the molecule is Cc1c(COc2cc(OCc3cncc(C#N)c3)c(CN[C@@](C)(CO)C(=O)O)cc2Cl)cccc1-c1ccc(CN2CC[C@H](O)C2)c(-c2ccccc2)c1C. The quantitative estimate of drug-likeness (QED) is 0.0863. The molecule has 4 N–H and O–H groups in total. The molecule has 1 aliphatic heterocycles. The van der Waals surface area contributed by atoms with Gasteiger partial charge in [-0.25, -0.2) is 0 Å². The van der Waals surface area contributed by atoms with Crippen molar-refractivity contribution < 1.29 is 29.6 Å². The van der Waals surface area contributed by atoms with E-state index in [1.165, 1.54) is 29.8 Å². The Bertz CT molecular complexity index is 2210. The van der Waals surface area contributed by atoms with Gasteiger partial charge in [0.2, 0.25) is 0 Å². The highest BCUT2D eigenvalue weighted by Gasteiger charge is 2.32. The number of likely N-dealkylation sites (tertiary alicyclic amines) is 1. The summed E-state index contributed by atoms with van der Waals surface area (Å²) in [6.07, 6.45) is 3.58. The molecule has 0 unspecified atom stereocenters. The maximum Gasteiger partial charge on any atom is 0.326 e. The number of hydrogen-bond donors (Lipinski definition) is 4. The van der Waals surface area contributed by atoms with Crippen LogP contribution >= 0.6 is 11.6 Å². The minimum Gasteiger partial charge on any atom is -0.488 e. The number of aromatic nitrogens is 1. The number of nitrogens with one attached hydrogen (secondary N) is 1. The number of carbonyl (C=O) groups is 1. The van der Waals surface area contributed by atoms with E-state index in [-0.39, 0.29) is 25.9 Å². The van der Waals surface area contributed by atoms with Gasteiger partial charge >= 0.3 is 5.97 Å². The predicted octanol–water partition coefficient (Wildman–Crippen LogP) is 7.21. The van der Waals surface area contributed by atoms with Gasteiger partial charge in [-0.2, -0.15) is 5.26 Å². The van der Waals surface area contributed by atoms with E-state index in [9.17, 15) is 25.4 Å². The molecule has 6 rings (SSSR count). The van der Waals surface area contributed by atoms with Crippen LogP contribution in [0, 0.1) is 25.2 Å². The number of β-amino-alcohol motifs (C(OH)–C–C–N with tert-alkyl or cyclic N) is 1. The van der Waals surface area contributed by atoms with Crippen molar-refractivity contribution in [2.45, 2.75) is 65.1 Å². The van der Waals surface area contributed by atoms with Gasteiger partial charge in [0.1, 0.15) is 36.3 Å². The molecule has 284 valence electrons. The first-order valence-corrected chi connectivity index (χ1v) is 18.6. The van der Waals surface area contributed by atoms with Crippen LogP contribution in [0.1, 0.15) is 52.3 Å². The molecule has 1 saturated heterocycles. The molecule has 1 aliphatic rings. The van der Waals surface area contributed by atoms with Crippen molar-refractivity contribution in [3.8, 4) is 39.8 Å². The second-order valence-electron chi connectivity index (χ2n) is 14.2. The van der Waals surface area contributed by atoms with Crippen molar-refractivity contribution in [3.05, 3.63) is 135 Å². The number of aliphatic hydroxyl groups is 2. The molecule has 11 heteroatoms. The summed E-state index contributed by atoms with van der Waals surface area (Å²) in [6.45, 7) is 7.66. The molecule has 2 heterocycles. The summed E-state index contributed by atoms with van der Waals surface area (Å²) in [5.74, 6) is -0.444. The van der Waals surface area contributed by atoms with E-state index in [4.69, 9.17) is 21.1 Å². The van der Waals surface area contributed by atoms with Gasteiger partial charge in [0, 0.05) is 55.8 Å². The fourth-order valence-corrected chi connectivity index (χ4v) is 7.16. The zero-order valence-corrected chi connectivity index (χ0v) is 31.9. The van der Waals surface area contributed by atoms with Crippen LogP contribution in [0.25, 0.3) is 22.3 Å². The average Bonchev–Trinajstić information content (AvgIpc) is 3.61. The molecule has 55 heavy (non-hydrogen) atoms. The first-order valence-electron chi connectivity index (χ1n) is 18.2. The van der Waals surface area contributed by atoms with Crippen molar-refractivity contribution in [2.75, 3.05) is 19.7 Å². The van der Waals surface area contributed by atoms with E-state index in [1.807, 2.05) is 18.2 Å². The Morgan fingerprint density at radius 1 is 0.964 bits per heavy atom. The van der Waals surface area contributed by atoms with E-state index in [0.717, 1.165) is 47.3 Å². The highest BCUT2D eigenvalue weighted by atomic mass is 35.5. The highest BCUT2D eigenvalue weighted by molar-refractivity contribution is 6.32. The number of aliphatic hydroxyl groups excluding tert-OH is 2. The number of aliphatic carboxylic acids is 1. The van der Waals surface area contributed by atoms with Crippen molar-refractivity contribution in [3.63, 3.8) is 0 Å². The summed E-state index contributed by atoms with van der Waals surface area (Å²) in [5, 5.41) is 42.2. The van der Waals surface area contributed by atoms with E-state index < -0.39 is 18.1 Å². The zero-order chi connectivity index (χ0) is 39.1. The van der Waals surface area contributed by atoms with Gasteiger partial charge in [0.25, 0.3) is 0 Å². The number of carboxylic acids is 1. The van der Waals surface area contributed by atoms with E-state index >= 15 is 0 Å². The summed E-state index contributed by atoms with van der Waals surface area (Å²) in [6, 6.07) is 28.1. The minimum atomic E-state index is -1.59. The summed E-state index contributed by atoms with van der Waals surface area (Å²) in [5.41, 5.74) is 9.03. The second-order valence-corrected chi connectivity index (χ2v) is 14.6. The Morgan fingerprint density at radius 2 is 1.73 bits per heavy atom. The number of pyridine rings is 1. The number of benzene rings is 4. The first-order chi connectivity index (χ1) is 26.5. The van der Waals surface area contributed by atoms with Crippen molar-refractivity contribution in [2.24, 2.45) is 0 Å². The predicted molar refractivity (Wildman–Crippen MR) is 212 cm³/mol. The normalized spacial score (nSPS) is 15.3. The molecule has 1 aromatic heterocycles. The van der Waals surface area contributed by atoms with Gasteiger partial charge < -0.3 is 24.8 Å². The van der Waals surface area contributed by atoms with Gasteiger partial charge in [0.05, 0.1) is 23.3 Å². The second kappa shape index (κ2) is 17.5. The number of nitrogens with zero attached hydrogens (tertiary/aromatic N) is 3. The van der Waals surface area contributed by atoms with Gasteiger partial charge in [-0.15, -0.1) is 0 Å². The average molecular weight is 761 g/mol. The third-order valence-electron chi connectivity index (χ3n) is 10.3. The number of nitriles is 1. The molecule has 0 amide bonds. The molecule has 10 nitrogen and oxygen atoms in total. The summed E-state index contributed by atoms with van der Waals surface area (Å²) >= 11 is 6.78. The van der Waals surface area contributed by atoms with E-state index in [2.05, 4.69) is 77.6 Å². The third kappa shape index (κ3) is 9.16. The third-order valence-corrected chi connectivity index (χ3v) is 10.6. The summed E-state index contributed by atoms with van der Waals surface area (Å²) in [4.78, 5) is 18.3. The van der Waals surface area contributed by atoms with Gasteiger partial charge in [-0.3, -0.25) is 20.0 Å². The van der Waals surface area contributed by atoms with Gasteiger partial charge in [0.15, 0.2) is 0 Å². The van der Waals surface area contributed by atoms with Crippen LogP contribution in [-0.4, -0.2) is 62.5 Å². The molecule has 5 aromatic rings. The summed E-state index contributed by atoms with van der Waals surface area (Å²) < 4.78 is 12.6. The molecular weight excluding hydrogens is 716 g/mol. The first kappa shape index (κ1) is 39.4. The Hall–Kier alpha value is -5.28. The number of hydrogen-bond acceptors (Lipinski definition) is 9. The van der Waals surface area contributed by atoms with Crippen molar-refractivity contribution in [1.29, 1.82) is 5.26 Å². The van der Waals surface area contributed by atoms with Crippen LogP contribution < -0.4 is 14.8 Å². The molecule has 1 fully saturated rings. The lowest BCUT2D eigenvalue weighted by molar-refractivity contribution is -0.145. The van der Waals surface area contributed by atoms with Crippen LogP contribution in [-0.2, 0) is 31.1 Å². The van der Waals surface area contributed by atoms with Crippen LogP contribution in [0.4, 0.5) is 0 Å². The standard InChI is InChI=1S/C44H45ClN4O6/c1-28-34(10-7-11-37(28)38-13-12-33(23-49-15-14-36(51)24-49)42(29(38)2)32-8-5-4-6-9-32)26-55-41-18-40(54-25-31-16-30(19-46)20-47-21-31)35(17-39(41)45)22-48-44(3,27-50)43(52)53/h4-13,16-18,20-21,36,48,50-51H,14-15,22-27H2,1-3H3,(H,52,53)/t36-,44-/m0/s1. The maximum absolute atomic E-state index is 11.9. The van der Waals surface area contributed by atoms with Gasteiger partial charge in [-0.1, -0.05) is 72.3 Å². The number of rotatable bonds is 15. The monoisotopic (exact) mass is 760 g/mol. The highest BCUT2D eigenvalue weighted by Crippen LogP contribution is 2.39. The van der Waals surface area contributed by atoms with E-state index in [0.29, 0.717) is 39.8 Å². The van der Waals surface area contributed by atoms with Crippen LogP contribution in [0.2, 0.25) is 5.02 Å². The van der Waals surface area contributed by atoms with Crippen LogP contribution in [0.15, 0.2) is 91.3 Å². The Morgan fingerprint density at radius 3 is 2.44 bits per heavy atom. The minimum absolute atomic E-state index is 0.0272. The smallest absolute Gasteiger partial charge is 0.326 e. The van der Waals surface area contributed by atoms with Crippen LogP contribution in [0.3, 0.4) is 0 Å². The van der Waals surface area contributed by atoms with Crippen molar-refractivity contribution in [1.82, 2.24) is 15.2 Å². The molecule has 0 aliphatic carbocycles. The van der Waals surface area contributed by atoms with Gasteiger partial charge in [-0.05, 0) is 83.8 Å². The Labute approximate surface area is 326 Å². The number of carboxylic acid groups (broad SMARTS) is 1. The fraction of sp³-hybridized carbons (Fsp3) is 0.295. The lowest BCUT2D eigenvalue weighted by atomic mass is 9.86. The number of halogens is 1. The molecule has 0 saturated carbocycles. The molecule has 0 bridgehead atoms. The van der Waals surface area contributed by atoms with E-state index in [1.54, 1.807) is 24.4 Å². The molecule has 0 spiro atoms. The summed E-state index contributed by atoms with van der Waals surface area (Å²) in [7, 11) is 0.